The minimum absolute atomic E-state index is 0.0251. The van der Waals surface area contributed by atoms with Crippen LogP contribution in [0.5, 0.6) is 0 Å². The van der Waals surface area contributed by atoms with Gasteiger partial charge in [-0.3, -0.25) is 9.59 Å². The van der Waals surface area contributed by atoms with Crippen molar-refractivity contribution < 1.29 is 9.59 Å². The molecule has 3 heterocycles. The van der Waals surface area contributed by atoms with E-state index in [1.54, 1.807) is 16.2 Å². The summed E-state index contributed by atoms with van der Waals surface area (Å²) in [6, 6.07) is 12.0. The van der Waals surface area contributed by atoms with Gasteiger partial charge in [0.05, 0.1) is 17.6 Å². The first kappa shape index (κ1) is 16.8. The first-order valence-electron chi connectivity index (χ1n) is 8.54. The molecule has 0 aliphatic carbocycles. The number of likely N-dealkylation sites (tertiary alicyclic amines) is 1. The van der Waals surface area contributed by atoms with Gasteiger partial charge in [-0.1, -0.05) is 18.2 Å². The molecule has 0 spiro atoms. The zero-order valence-electron chi connectivity index (χ0n) is 13.7. The quantitative estimate of drug-likeness (QED) is 0.747. The van der Waals surface area contributed by atoms with Crippen molar-refractivity contribution in [2.45, 2.75) is 25.3 Å². The minimum Gasteiger partial charge on any atom is -0.335 e. The number of amides is 2. The van der Waals surface area contributed by atoms with Crippen LogP contribution >= 0.6 is 27.3 Å². The Morgan fingerprint density at radius 3 is 2.80 bits per heavy atom. The summed E-state index contributed by atoms with van der Waals surface area (Å²) in [5.41, 5.74) is 0.846. The Bertz CT molecular complexity index is 792. The van der Waals surface area contributed by atoms with E-state index >= 15 is 0 Å². The van der Waals surface area contributed by atoms with Crippen molar-refractivity contribution in [1.29, 1.82) is 0 Å². The Balaban J connectivity index is 1.52. The molecule has 2 amide bonds. The predicted molar refractivity (Wildman–Crippen MR) is 103 cm³/mol. The molecule has 25 heavy (non-hydrogen) atoms. The molecule has 2 saturated heterocycles. The second-order valence-electron chi connectivity index (χ2n) is 6.56. The normalized spacial score (nSPS) is 23.5. The highest BCUT2D eigenvalue weighted by atomic mass is 79.9. The molecular formula is C19H19BrN2O2S. The zero-order valence-corrected chi connectivity index (χ0v) is 16.1. The van der Waals surface area contributed by atoms with Crippen molar-refractivity contribution in [2.75, 3.05) is 18.0 Å². The van der Waals surface area contributed by atoms with Crippen LogP contribution in [-0.4, -0.2) is 29.8 Å². The molecule has 0 N–H and O–H groups in total. The number of hydrogen-bond donors (Lipinski definition) is 0. The Labute approximate surface area is 159 Å². The van der Waals surface area contributed by atoms with Gasteiger partial charge in [0.1, 0.15) is 0 Å². The van der Waals surface area contributed by atoms with Crippen LogP contribution in [0.1, 0.15) is 30.2 Å². The molecule has 0 bridgehead atoms. The van der Waals surface area contributed by atoms with Crippen molar-refractivity contribution in [3.8, 4) is 0 Å². The zero-order chi connectivity index (χ0) is 17.4. The van der Waals surface area contributed by atoms with Crippen LogP contribution in [0.2, 0.25) is 0 Å². The smallest absolute Gasteiger partial charge is 0.228 e. The maximum atomic E-state index is 13.1. The summed E-state index contributed by atoms with van der Waals surface area (Å²) in [7, 11) is 0. The van der Waals surface area contributed by atoms with Gasteiger partial charge in [-0.2, -0.15) is 0 Å². The molecule has 1 aromatic heterocycles. The van der Waals surface area contributed by atoms with Gasteiger partial charge in [-0.05, 0) is 52.4 Å². The summed E-state index contributed by atoms with van der Waals surface area (Å²) in [5.74, 6) is -0.101. The van der Waals surface area contributed by atoms with E-state index < -0.39 is 0 Å². The van der Waals surface area contributed by atoms with E-state index in [0.29, 0.717) is 13.0 Å². The van der Waals surface area contributed by atoms with E-state index in [9.17, 15) is 9.59 Å². The number of carbonyl (C=O) groups excluding carboxylic acids is 2. The topological polar surface area (TPSA) is 40.6 Å². The molecule has 0 radical (unpaired) electrons. The largest absolute Gasteiger partial charge is 0.335 e. The number of carbonyl (C=O) groups is 2. The predicted octanol–water partition coefficient (Wildman–Crippen LogP) is 4.23. The standard InChI is InChI=1S/C19H19BrN2O2S/c20-14-5-1-2-6-15(14)22-12-13(11-18(22)23)19(24)21-9-3-7-16(21)17-8-4-10-25-17/h1-2,4-6,8,10,13,16H,3,7,9,11-12H2. The van der Waals surface area contributed by atoms with Crippen LogP contribution in [0.3, 0.4) is 0 Å². The van der Waals surface area contributed by atoms with Gasteiger partial charge < -0.3 is 9.80 Å². The van der Waals surface area contributed by atoms with E-state index in [1.165, 1.54) is 4.88 Å². The Hall–Kier alpha value is -1.66. The number of hydrogen-bond acceptors (Lipinski definition) is 3. The molecule has 2 aliphatic rings. The molecule has 1 aromatic carbocycles. The van der Waals surface area contributed by atoms with Crippen molar-refractivity contribution in [3.63, 3.8) is 0 Å². The average Bonchev–Trinajstić information content (AvgIpc) is 3.35. The summed E-state index contributed by atoms with van der Waals surface area (Å²) in [5, 5.41) is 2.06. The molecule has 2 aliphatic heterocycles. The highest BCUT2D eigenvalue weighted by molar-refractivity contribution is 9.10. The van der Waals surface area contributed by atoms with Crippen LogP contribution in [0.25, 0.3) is 0 Å². The van der Waals surface area contributed by atoms with Crippen LogP contribution in [0.4, 0.5) is 5.69 Å². The van der Waals surface area contributed by atoms with E-state index in [-0.39, 0.29) is 23.8 Å². The van der Waals surface area contributed by atoms with Crippen LogP contribution in [-0.2, 0) is 9.59 Å². The van der Waals surface area contributed by atoms with E-state index in [4.69, 9.17) is 0 Å². The molecule has 4 rings (SSSR count). The number of rotatable bonds is 3. The molecule has 2 unspecified atom stereocenters. The minimum atomic E-state index is -0.250. The average molecular weight is 419 g/mol. The lowest BCUT2D eigenvalue weighted by Gasteiger charge is -2.26. The lowest BCUT2D eigenvalue weighted by Crippen LogP contribution is -2.36. The fraction of sp³-hybridized carbons (Fsp3) is 0.368. The maximum Gasteiger partial charge on any atom is 0.228 e. The fourth-order valence-corrected chi connectivity index (χ4v) is 5.19. The monoisotopic (exact) mass is 418 g/mol. The summed E-state index contributed by atoms with van der Waals surface area (Å²) >= 11 is 5.21. The highest BCUT2D eigenvalue weighted by Crippen LogP contribution is 2.38. The van der Waals surface area contributed by atoms with Gasteiger partial charge >= 0.3 is 0 Å². The summed E-state index contributed by atoms with van der Waals surface area (Å²) in [4.78, 5) is 30.6. The third-order valence-electron chi connectivity index (χ3n) is 5.03. The van der Waals surface area contributed by atoms with Gasteiger partial charge in [0, 0.05) is 28.9 Å². The van der Waals surface area contributed by atoms with E-state index in [1.807, 2.05) is 35.2 Å². The first-order chi connectivity index (χ1) is 12.1. The van der Waals surface area contributed by atoms with Gasteiger partial charge in [0.25, 0.3) is 0 Å². The lowest BCUT2D eigenvalue weighted by atomic mass is 10.1. The van der Waals surface area contributed by atoms with Gasteiger partial charge in [0.2, 0.25) is 11.8 Å². The third-order valence-corrected chi connectivity index (χ3v) is 6.67. The highest BCUT2D eigenvalue weighted by Gasteiger charge is 2.41. The van der Waals surface area contributed by atoms with Crippen molar-refractivity contribution in [2.24, 2.45) is 5.92 Å². The summed E-state index contributed by atoms with van der Waals surface area (Å²) in [6.45, 7) is 1.26. The Morgan fingerprint density at radius 2 is 2.04 bits per heavy atom. The molecule has 130 valence electrons. The molecule has 2 atom stereocenters. The number of thiophene rings is 1. The first-order valence-corrected chi connectivity index (χ1v) is 10.2. The van der Waals surface area contributed by atoms with Crippen molar-refractivity contribution >= 4 is 44.8 Å². The van der Waals surface area contributed by atoms with Crippen molar-refractivity contribution in [1.82, 2.24) is 4.90 Å². The summed E-state index contributed by atoms with van der Waals surface area (Å²) in [6.07, 6.45) is 2.34. The number of para-hydroxylation sites is 1. The second-order valence-corrected chi connectivity index (χ2v) is 8.40. The molecule has 2 fully saturated rings. The van der Waals surface area contributed by atoms with E-state index in [2.05, 4.69) is 27.4 Å². The lowest BCUT2D eigenvalue weighted by molar-refractivity contribution is -0.136. The number of anilines is 1. The number of halogens is 1. The fourth-order valence-electron chi connectivity index (χ4n) is 3.82. The molecule has 4 nitrogen and oxygen atoms in total. The van der Waals surface area contributed by atoms with Gasteiger partial charge in [-0.15, -0.1) is 11.3 Å². The van der Waals surface area contributed by atoms with Crippen LogP contribution < -0.4 is 4.90 Å². The molecule has 0 saturated carbocycles. The second kappa shape index (κ2) is 6.92. The molecule has 2 aromatic rings. The van der Waals surface area contributed by atoms with Crippen LogP contribution in [0.15, 0.2) is 46.3 Å². The summed E-state index contributed by atoms with van der Waals surface area (Å²) < 4.78 is 0.883. The molecule has 6 heteroatoms. The molecular weight excluding hydrogens is 400 g/mol. The SMILES string of the molecule is O=C1CC(C(=O)N2CCCC2c2cccs2)CN1c1ccccc1Br. The van der Waals surface area contributed by atoms with Gasteiger partial charge in [0.15, 0.2) is 0 Å². The Kier molecular flexibility index (Phi) is 4.65. The van der Waals surface area contributed by atoms with Crippen molar-refractivity contribution in [3.05, 3.63) is 51.1 Å². The number of benzene rings is 1. The Morgan fingerprint density at radius 1 is 1.20 bits per heavy atom. The van der Waals surface area contributed by atoms with E-state index in [0.717, 1.165) is 29.5 Å². The van der Waals surface area contributed by atoms with Gasteiger partial charge in [-0.25, -0.2) is 0 Å². The third kappa shape index (κ3) is 3.13. The number of nitrogens with zero attached hydrogens (tertiary/aromatic N) is 2. The maximum absolute atomic E-state index is 13.1. The van der Waals surface area contributed by atoms with Crippen LogP contribution in [0, 0.1) is 5.92 Å².